The van der Waals surface area contributed by atoms with E-state index >= 15 is 0 Å². The van der Waals surface area contributed by atoms with Crippen molar-refractivity contribution in [2.45, 2.75) is 26.2 Å². The first-order chi connectivity index (χ1) is 15.8. The molecular formula is C23H25Cl2N5O3. The molecule has 8 nitrogen and oxygen atoms in total. The third-order valence-corrected chi connectivity index (χ3v) is 5.31. The normalized spacial score (nSPS) is 11.7. The van der Waals surface area contributed by atoms with Gasteiger partial charge in [-0.05, 0) is 36.6 Å². The first-order valence-corrected chi connectivity index (χ1v) is 11.3. The Labute approximate surface area is 201 Å². The zero-order valence-electron chi connectivity index (χ0n) is 18.1. The van der Waals surface area contributed by atoms with Gasteiger partial charge >= 0.3 is 0 Å². The second-order valence-corrected chi connectivity index (χ2v) is 8.67. The number of hydrogen-bond acceptors (Lipinski definition) is 5. The number of nitrogens with zero attached hydrogens (tertiary/aromatic N) is 1. The molecule has 33 heavy (non-hydrogen) atoms. The summed E-state index contributed by atoms with van der Waals surface area (Å²) in [7, 11) is 0. The number of aromatic nitrogens is 2. The maximum atomic E-state index is 12.2. The fourth-order valence-electron chi connectivity index (χ4n) is 3.39. The molecule has 0 aliphatic heterocycles. The molecule has 0 saturated heterocycles. The summed E-state index contributed by atoms with van der Waals surface area (Å²) in [5.74, 6) is 0.138. The van der Waals surface area contributed by atoms with Crippen molar-refractivity contribution in [3.63, 3.8) is 0 Å². The fraction of sp³-hybridized carbons (Fsp3) is 0.304. The van der Waals surface area contributed by atoms with Crippen molar-refractivity contribution < 1.29 is 9.59 Å². The first kappa shape index (κ1) is 24.5. The number of anilines is 2. The number of fused-ring (bicyclic) bond motifs is 1. The third kappa shape index (κ3) is 7.47. The summed E-state index contributed by atoms with van der Waals surface area (Å²) in [6, 6.07) is 12.0. The zero-order chi connectivity index (χ0) is 23.8. The van der Waals surface area contributed by atoms with Gasteiger partial charge in [0.1, 0.15) is 0 Å². The van der Waals surface area contributed by atoms with Crippen molar-refractivity contribution in [1.29, 1.82) is 0 Å². The van der Waals surface area contributed by atoms with E-state index in [9.17, 15) is 14.4 Å². The Hall–Kier alpha value is -3.10. The summed E-state index contributed by atoms with van der Waals surface area (Å²) < 4.78 is 0. The highest BCUT2D eigenvalue weighted by molar-refractivity contribution is 6.35. The van der Waals surface area contributed by atoms with Crippen molar-refractivity contribution in [2.24, 2.45) is 5.92 Å². The van der Waals surface area contributed by atoms with Gasteiger partial charge in [-0.25, -0.2) is 5.10 Å². The molecule has 1 heterocycles. The average molecular weight is 490 g/mol. The highest BCUT2D eigenvalue weighted by atomic mass is 35.5. The van der Waals surface area contributed by atoms with Crippen molar-refractivity contribution in [3.05, 3.63) is 62.9 Å². The molecule has 4 N–H and O–H groups in total. The van der Waals surface area contributed by atoms with Crippen LogP contribution in [0.3, 0.4) is 0 Å². The van der Waals surface area contributed by atoms with Crippen molar-refractivity contribution in [1.82, 2.24) is 15.5 Å². The van der Waals surface area contributed by atoms with Crippen LogP contribution in [-0.2, 0) is 9.59 Å². The Bertz CT molecular complexity index is 1180. The predicted octanol–water partition coefficient (Wildman–Crippen LogP) is 4.20. The van der Waals surface area contributed by atoms with E-state index < -0.39 is 0 Å². The number of hydrogen-bond donors (Lipinski definition) is 4. The molecule has 0 fully saturated rings. The van der Waals surface area contributed by atoms with Gasteiger partial charge in [-0.1, -0.05) is 48.3 Å². The number of nitrogens with one attached hydrogen (secondary N) is 4. The largest absolute Gasteiger partial charge is 0.368 e. The van der Waals surface area contributed by atoms with E-state index in [1.54, 1.807) is 30.3 Å². The molecule has 3 aromatic rings. The topological polar surface area (TPSA) is 116 Å². The molecule has 0 saturated carbocycles. The van der Waals surface area contributed by atoms with Crippen LogP contribution >= 0.6 is 23.2 Å². The van der Waals surface area contributed by atoms with E-state index in [4.69, 9.17) is 23.2 Å². The number of carbonyl (C=O) groups is 2. The number of aromatic amines is 1. The van der Waals surface area contributed by atoms with Gasteiger partial charge in [0.25, 0.3) is 5.56 Å². The molecule has 10 heteroatoms. The fourth-order valence-corrected chi connectivity index (χ4v) is 3.91. The summed E-state index contributed by atoms with van der Waals surface area (Å²) >= 11 is 11.9. The molecule has 0 aliphatic carbocycles. The monoisotopic (exact) mass is 489 g/mol. The summed E-state index contributed by atoms with van der Waals surface area (Å²) in [6.45, 7) is 2.90. The van der Waals surface area contributed by atoms with Crippen molar-refractivity contribution in [2.75, 3.05) is 23.7 Å². The van der Waals surface area contributed by atoms with Gasteiger partial charge in [0.05, 0.1) is 5.39 Å². The lowest BCUT2D eigenvalue weighted by Crippen LogP contribution is -2.28. The van der Waals surface area contributed by atoms with Gasteiger partial charge in [-0.15, -0.1) is 0 Å². The van der Waals surface area contributed by atoms with E-state index in [0.29, 0.717) is 46.4 Å². The molecule has 0 aliphatic rings. The van der Waals surface area contributed by atoms with E-state index in [2.05, 4.69) is 26.1 Å². The third-order valence-electron chi connectivity index (χ3n) is 4.88. The first-order valence-electron chi connectivity index (χ1n) is 10.6. The smallest absolute Gasteiger partial charge is 0.272 e. The minimum atomic E-state index is -0.234. The molecule has 2 amide bonds. The minimum absolute atomic E-state index is 0.117. The standard InChI is InChI=1S/C23H25Cl2N5O3/c1-14(10-21(32)28-17-12-15(24)11-16(25)13-17)9-20(31)26-7-4-8-27-22-18-5-2-3-6-19(18)23(33)30-29-22/h2-3,5-6,11-14H,4,7-10H2,1H3,(H,26,31)(H,27,29)(H,28,32)(H,30,33). The lowest BCUT2D eigenvalue weighted by Gasteiger charge is -2.13. The van der Waals surface area contributed by atoms with Crippen LogP contribution in [0.25, 0.3) is 10.8 Å². The Morgan fingerprint density at radius 3 is 2.39 bits per heavy atom. The summed E-state index contributed by atoms with van der Waals surface area (Å²) in [5, 5.41) is 17.5. The Morgan fingerprint density at radius 2 is 1.67 bits per heavy atom. The molecule has 0 spiro atoms. The number of H-pyrrole nitrogens is 1. The molecule has 0 bridgehead atoms. The molecule has 1 atom stereocenters. The van der Waals surface area contributed by atoms with Crippen LogP contribution in [0.15, 0.2) is 47.3 Å². The second-order valence-electron chi connectivity index (χ2n) is 7.80. The Kier molecular flexibility index (Phi) is 8.68. The molecule has 174 valence electrons. The molecule has 1 unspecified atom stereocenters. The van der Waals surface area contributed by atoms with E-state index in [0.717, 1.165) is 5.39 Å². The van der Waals surface area contributed by atoms with E-state index in [1.807, 2.05) is 19.1 Å². The van der Waals surface area contributed by atoms with Gasteiger partial charge in [-0.2, -0.15) is 5.10 Å². The van der Waals surface area contributed by atoms with Crippen LogP contribution in [0, 0.1) is 5.92 Å². The van der Waals surface area contributed by atoms with Crippen LogP contribution in [0.5, 0.6) is 0 Å². The van der Waals surface area contributed by atoms with Gasteiger partial charge in [0.2, 0.25) is 11.8 Å². The number of rotatable bonds is 10. The van der Waals surface area contributed by atoms with Gasteiger partial charge in [0, 0.05) is 47.1 Å². The van der Waals surface area contributed by atoms with Crippen molar-refractivity contribution in [3.8, 4) is 0 Å². The van der Waals surface area contributed by atoms with Crippen LogP contribution in [-0.4, -0.2) is 35.1 Å². The predicted molar refractivity (Wildman–Crippen MR) is 132 cm³/mol. The Balaban J connectivity index is 1.36. The van der Waals surface area contributed by atoms with Gasteiger partial charge in [0.15, 0.2) is 5.82 Å². The maximum absolute atomic E-state index is 12.2. The van der Waals surface area contributed by atoms with Crippen LogP contribution in [0.4, 0.5) is 11.5 Å². The van der Waals surface area contributed by atoms with Crippen molar-refractivity contribution >= 4 is 57.3 Å². The summed E-state index contributed by atoms with van der Waals surface area (Å²) in [4.78, 5) is 36.2. The molecule has 2 aromatic carbocycles. The number of halogens is 2. The highest BCUT2D eigenvalue weighted by Gasteiger charge is 2.14. The lowest BCUT2D eigenvalue weighted by molar-refractivity contribution is -0.122. The van der Waals surface area contributed by atoms with Crippen LogP contribution in [0.2, 0.25) is 10.0 Å². The second kappa shape index (κ2) is 11.7. The average Bonchev–Trinajstić information content (AvgIpc) is 2.74. The lowest BCUT2D eigenvalue weighted by atomic mass is 10.0. The SMILES string of the molecule is CC(CC(=O)NCCCNc1n[nH]c(=O)c2ccccc12)CC(=O)Nc1cc(Cl)cc(Cl)c1. The minimum Gasteiger partial charge on any atom is -0.368 e. The number of carbonyl (C=O) groups excluding carboxylic acids is 2. The number of benzene rings is 2. The Morgan fingerprint density at radius 1 is 1.00 bits per heavy atom. The van der Waals surface area contributed by atoms with E-state index in [1.165, 1.54) is 0 Å². The van der Waals surface area contributed by atoms with Crippen LogP contribution < -0.4 is 21.5 Å². The molecule has 0 radical (unpaired) electrons. The highest BCUT2D eigenvalue weighted by Crippen LogP contribution is 2.23. The number of amides is 2. The molecule has 1 aromatic heterocycles. The van der Waals surface area contributed by atoms with Gasteiger partial charge in [-0.3, -0.25) is 14.4 Å². The van der Waals surface area contributed by atoms with Crippen LogP contribution in [0.1, 0.15) is 26.2 Å². The zero-order valence-corrected chi connectivity index (χ0v) is 19.6. The summed E-state index contributed by atoms with van der Waals surface area (Å²) in [6.07, 6.45) is 1.11. The molecule has 3 rings (SSSR count). The van der Waals surface area contributed by atoms with Gasteiger partial charge < -0.3 is 16.0 Å². The quantitative estimate of drug-likeness (QED) is 0.318. The molecular weight excluding hydrogens is 465 g/mol. The maximum Gasteiger partial charge on any atom is 0.272 e. The summed E-state index contributed by atoms with van der Waals surface area (Å²) in [5.41, 5.74) is 0.286. The van der Waals surface area contributed by atoms with E-state index in [-0.39, 0.29) is 36.1 Å².